The van der Waals surface area contributed by atoms with Crippen molar-refractivity contribution in [2.24, 2.45) is 0 Å². The second kappa shape index (κ2) is 8.39. The molecule has 0 saturated heterocycles. The monoisotopic (exact) mass is 321 g/mol. The van der Waals surface area contributed by atoms with Gasteiger partial charge in [0.25, 0.3) is 5.91 Å². The molecule has 0 radical (unpaired) electrons. The maximum Gasteiger partial charge on any atom is 0.263 e. The Labute approximate surface area is 141 Å². The Kier molecular flexibility index (Phi) is 5.98. The zero-order chi connectivity index (χ0) is 17.4. The quantitative estimate of drug-likeness (QED) is 0.632. The number of benzene rings is 2. The molecule has 0 aromatic heterocycles. The highest BCUT2D eigenvalue weighted by molar-refractivity contribution is 5.97. The van der Waals surface area contributed by atoms with Gasteiger partial charge in [-0.05, 0) is 24.6 Å². The fourth-order valence-electron chi connectivity index (χ4n) is 2.16. The molecule has 0 heterocycles. The van der Waals surface area contributed by atoms with E-state index in [0.29, 0.717) is 11.4 Å². The average molecular weight is 321 g/mol. The summed E-state index contributed by atoms with van der Waals surface area (Å²) in [5.41, 5.74) is 1.64. The molecular formula is C19H19N3O2. The number of ether oxygens (including phenoxy) is 1. The Bertz CT molecular complexity index is 764. The summed E-state index contributed by atoms with van der Waals surface area (Å²) in [6, 6.07) is 18.6. The molecule has 0 aliphatic heterocycles. The van der Waals surface area contributed by atoms with Crippen molar-refractivity contribution in [1.29, 1.82) is 5.26 Å². The second-order valence-electron chi connectivity index (χ2n) is 5.12. The number of amides is 1. The lowest BCUT2D eigenvalue weighted by Gasteiger charge is -2.14. The topological polar surface area (TPSA) is 74.1 Å². The Morgan fingerprint density at radius 2 is 1.83 bits per heavy atom. The average Bonchev–Trinajstić information content (AvgIpc) is 2.63. The van der Waals surface area contributed by atoms with Gasteiger partial charge < -0.3 is 15.4 Å². The first-order valence-corrected chi connectivity index (χ1v) is 7.51. The number of anilines is 1. The number of hydrogen-bond donors (Lipinski definition) is 2. The zero-order valence-corrected chi connectivity index (χ0v) is 13.6. The minimum Gasteiger partial charge on any atom is -0.495 e. The fraction of sp³-hybridized carbons (Fsp3) is 0.158. The molecule has 0 spiro atoms. The normalized spacial score (nSPS) is 12.0. The van der Waals surface area contributed by atoms with Gasteiger partial charge >= 0.3 is 0 Å². The van der Waals surface area contributed by atoms with Crippen LogP contribution in [0, 0.1) is 11.3 Å². The van der Waals surface area contributed by atoms with Crippen LogP contribution in [0.1, 0.15) is 18.5 Å². The predicted octanol–water partition coefficient (Wildman–Crippen LogP) is 3.39. The van der Waals surface area contributed by atoms with E-state index in [0.717, 1.165) is 5.56 Å². The number of hydrogen-bond acceptors (Lipinski definition) is 4. The summed E-state index contributed by atoms with van der Waals surface area (Å²) in [5, 5.41) is 15.0. The molecule has 1 amide bonds. The summed E-state index contributed by atoms with van der Waals surface area (Å²) < 4.78 is 5.22. The van der Waals surface area contributed by atoms with E-state index in [1.165, 1.54) is 6.20 Å². The first-order chi connectivity index (χ1) is 11.7. The third-order valence-electron chi connectivity index (χ3n) is 3.49. The molecule has 2 rings (SSSR count). The standard InChI is InChI=1S/C19H19N3O2/c1-14(15-8-4-3-5-9-15)22-19(23)16(12-20)13-21-17-10-6-7-11-18(17)24-2/h3-11,13-14,21H,1-2H3,(H,22,23)/b16-13-. The summed E-state index contributed by atoms with van der Waals surface area (Å²) in [5.74, 6) is 0.195. The van der Waals surface area contributed by atoms with Crippen LogP contribution in [0.4, 0.5) is 5.69 Å². The number of nitrogens with one attached hydrogen (secondary N) is 2. The van der Waals surface area contributed by atoms with Crippen LogP contribution in [-0.2, 0) is 4.79 Å². The third kappa shape index (κ3) is 4.37. The van der Waals surface area contributed by atoms with E-state index >= 15 is 0 Å². The molecule has 2 aromatic carbocycles. The summed E-state index contributed by atoms with van der Waals surface area (Å²) >= 11 is 0. The maximum atomic E-state index is 12.3. The van der Waals surface area contributed by atoms with Gasteiger partial charge in [-0.15, -0.1) is 0 Å². The molecule has 5 nitrogen and oxygen atoms in total. The number of para-hydroxylation sites is 2. The molecule has 1 atom stereocenters. The lowest BCUT2D eigenvalue weighted by atomic mass is 10.1. The lowest BCUT2D eigenvalue weighted by molar-refractivity contribution is -0.117. The first kappa shape index (κ1) is 17.1. The van der Waals surface area contributed by atoms with E-state index in [4.69, 9.17) is 4.74 Å². The van der Waals surface area contributed by atoms with Crippen molar-refractivity contribution in [3.8, 4) is 11.8 Å². The van der Waals surface area contributed by atoms with Gasteiger partial charge in [-0.2, -0.15) is 5.26 Å². The van der Waals surface area contributed by atoms with Crippen LogP contribution in [0.3, 0.4) is 0 Å². The molecule has 0 aliphatic rings. The van der Waals surface area contributed by atoms with Gasteiger partial charge in [-0.25, -0.2) is 0 Å². The van der Waals surface area contributed by atoms with Crippen LogP contribution in [0.15, 0.2) is 66.4 Å². The molecule has 0 fully saturated rings. The van der Waals surface area contributed by atoms with E-state index in [9.17, 15) is 10.1 Å². The van der Waals surface area contributed by atoms with E-state index in [-0.39, 0.29) is 11.6 Å². The zero-order valence-electron chi connectivity index (χ0n) is 13.6. The number of carbonyl (C=O) groups is 1. The highest BCUT2D eigenvalue weighted by Gasteiger charge is 2.13. The van der Waals surface area contributed by atoms with Crippen LogP contribution < -0.4 is 15.4 Å². The minimum absolute atomic E-state index is 0.0105. The highest BCUT2D eigenvalue weighted by atomic mass is 16.5. The minimum atomic E-state index is -0.434. The van der Waals surface area contributed by atoms with Crippen molar-refractivity contribution < 1.29 is 9.53 Å². The van der Waals surface area contributed by atoms with Crippen LogP contribution in [0.25, 0.3) is 0 Å². The van der Waals surface area contributed by atoms with E-state index in [1.807, 2.05) is 55.5 Å². The molecule has 122 valence electrons. The van der Waals surface area contributed by atoms with Crippen LogP contribution in [-0.4, -0.2) is 13.0 Å². The van der Waals surface area contributed by atoms with Crippen molar-refractivity contribution in [2.45, 2.75) is 13.0 Å². The van der Waals surface area contributed by atoms with Gasteiger partial charge in [0.15, 0.2) is 0 Å². The van der Waals surface area contributed by atoms with Crippen molar-refractivity contribution in [2.75, 3.05) is 12.4 Å². The first-order valence-electron chi connectivity index (χ1n) is 7.51. The number of nitrogens with zero attached hydrogens (tertiary/aromatic N) is 1. The Morgan fingerprint density at radius 3 is 2.50 bits per heavy atom. The summed E-state index contributed by atoms with van der Waals surface area (Å²) in [6.07, 6.45) is 1.38. The van der Waals surface area contributed by atoms with Crippen molar-refractivity contribution in [3.05, 3.63) is 71.9 Å². The van der Waals surface area contributed by atoms with Gasteiger partial charge in [0.05, 0.1) is 18.8 Å². The summed E-state index contributed by atoms with van der Waals surface area (Å²) in [4.78, 5) is 12.3. The molecular weight excluding hydrogens is 302 g/mol. The Morgan fingerprint density at radius 1 is 1.17 bits per heavy atom. The largest absolute Gasteiger partial charge is 0.495 e. The SMILES string of the molecule is COc1ccccc1N/C=C(/C#N)C(=O)NC(C)c1ccccc1. The van der Waals surface area contributed by atoms with Gasteiger partial charge in [-0.3, -0.25) is 4.79 Å². The molecule has 1 unspecified atom stereocenters. The van der Waals surface area contributed by atoms with Gasteiger partial charge in [0, 0.05) is 6.20 Å². The Balaban J connectivity index is 2.07. The smallest absolute Gasteiger partial charge is 0.263 e. The number of rotatable bonds is 6. The van der Waals surface area contributed by atoms with Crippen LogP contribution >= 0.6 is 0 Å². The molecule has 2 aromatic rings. The van der Waals surface area contributed by atoms with Crippen molar-refractivity contribution in [3.63, 3.8) is 0 Å². The molecule has 0 bridgehead atoms. The lowest BCUT2D eigenvalue weighted by Crippen LogP contribution is -2.28. The molecule has 24 heavy (non-hydrogen) atoms. The number of nitriles is 1. The predicted molar refractivity (Wildman–Crippen MR) is 93.3 cm³/mol. The number of methoxy groups -OCH3 is 1. The van der Waals surface area contributed by atoms with Crippen LogP contribution in [0.2, 0.25) is 0 Å². The van der Waals surface area contributed by atoms with Crippen LogP contribution in [0.5, 0.6) is 5.75 Å². The summed E-state index contributed by atoms with van der Waals surface area (Å²) in [7, 11) is 1.56. The molecule has 5 heteroatoms. The van der Waals surface area contributed by atoms with Gasteiger partial charge in [0.2, 0.25) is 0 Å². The van der Waals surface area contributed by atoms with Gasteiger partial charge in [0.1, 0.15) is 17.4 Å². The van der Waals surface area contributed by atoms with E-state index < -0.39 is 5.91 Å². The van der Waals surface area contributed by atoms with E-state index in [2.05, 4.69) is 10.6 Å². The molecule has 2 N–H and O–H groups in total. The van der Waals surface area contributed by atoms with Crippen molar-refractivity contribution in [1.82, 2.24) is 5.32 Å². The van der Waals surface area contributed by atoms with Gasteiger partial charge in [-0.1, -0.05) is 42.5 Å². The van der Waals surface area contributed by atoms with E-state index in [1.54, 1.807) is 19.2 Å². The van der Waals surface area contributed by atoms with Crippen molar-refractivity contribution >= 4 is 11.6 Å². The maximum absolute atomic E-state index is 12.3. The Hall–Kier alpha value is -3.26. The fourth-order valence-corrected chi connectivity index (χ4v) is 2.16. The third-order valence-corrected chi connectivity index (χ3v) is 3.49. The number of carbonyl (C=O) groups excluding carboxylic acids is 1. The molecule has 0 aliphatic carbocycles. The molecule has 0 saturated carbocycles. The highest BCUT2D eigenvalue weighted by Crippen LogP contribution is 2.23. The summed E-state index contributed by atoms with van der Waals surface area (Å²) in [6.45, 7) is 1.87. The second-order valence-corrected chi connectivity index (χ2v) is 5.12.